The molecule has 0 aromatic carbocycles. The minimum Gasteiger partial charge on any atom is -0.314 e. The van der Waals surface area contributed by atoms with Crippen molar-refractivity contribution >= 4 is 0 Å². The van der Waals surface area contributed by atoms with E-state index in [-0.39, 0.29) is 0 Å². The molecule has 80 valence electrons. The zero-order valence-electron chi connectivity index (χ0n) is 8.84. The van der Waals surface area contributed by atoms with E-state index in [1.54, 1.807) is 0 Å². The summed E-state index contributed by atoms with van der Waals surface area (Å²) in [5.41, 5.74) is 0. The standard InChI is InChI=1S/C11H21N3/c1-3-11(13-5-1)4-2-8-14-9-6-12-7-10-14/h2,4,11-13H,1,3,5-10H2/b4-2-. The molecule has 2 fully saturated rings. The van der Waals surface area contributed by atoms with Gasteiger partial charge in [0, 0.05) is 38.8 Å². The number of hydrogen-bond acceptors (Lipinski definition) is 3. The number of piperazine rings is 1. The molecule has 2 N–H and O–H groups in total. The maximum Gasteiger partial charge on any atom is 0.0250 e. The summed E-state index contributed by atoms with van der Waals surface area (Å²) in [7, 11) is 0. The Morgan fingerprint density at radius 1 is 1.21 bits per heavy atom. The number of nitrogens with zero attached hydrogens (tertiary/aromatic N) is 1. The molecule has 0 amide bonds. The van der Waals surface area contributed by atoms with Gasteiger partial charge in [-0.05, 0) is 19.4 Å². The Labute approximate surface area is 86.5 Å². The van der Waals surface area contributed by atoms with E-state index in [0.29, 0.717) is 6.04 Å². The molecule has 0 bridgehead atoms. The second kappa shape index (κ2) is 5.49. The molecule has 1 unspecified atom stereocenters. The summed E-state index contributed by atoms with van der Waals surface area (Å²) >= 11 is 0. The van der Waals surface area contributed by atoms with Gasteiger partial charge in [0.25, 0.3) is 0 Å². The van der Waals surface area contributed by atoms with Crippen LogP contribution in [0.15, 0.2) is 12.2 Å². The van der Waals surface area contributed by atoms with Crippen molar-refractivity contribution in [3.63, 3.8) is 0 Å². The van der Waals surface area contributed by atoms with Crippen LogP contribution in [0.4, 0.5) is 0 Å². The van der Waals surface area contributed by atoms with Gasteiger partial charge in [0.2, 0.25) is 0 Å². The summed E-state index contributed by atoms with van der Waals surface area (Å²) in [6, 6.07) is 0.651. The molecule has 3 nitrogen and oxygen atoms in total. The fourth-order valence-corrected chi connectivity index (χ4v) is 2.14. The maximum atomic E-state index is 3.48. The van der Waals surface area contributed by atoms with Crippen molar-refractivity contribution < 1.29 is 0 Å². The highest BCUT2D eigenvalue weighted by molar-refractivity contribution is 4.97. The van der Waals surface area contributed by atoms with Gasteiger partial charge in [0.05, 0.1) is 0 Å². The van der Waals surface area contributed by atoms with Crippen molar-refractivity contribution in [3.8, 4) is 0 Å². The molecule has 0 radical (unpaired) electrons. The first-order valence-corrected chi connectivity index (χ1v) is 5.78. The average molecular weight is 195 g/mol. The lowest BCUT2D eigenvalue weighted by Crippen LogP contribution is -2.43. The minimum atomic E-state index is 0.651. The van der Waals surface area contributed by atoms with Crippen LogP contribution in [0.2, 0.25) is 0 Å². The minimum absolute atomic E-state index is 0.651. The molecule has 1 atom stereocenters. The molecule has 3 heteroatoms. The predicted octanol–water partition coefficient (Wildman–Crippen LogP) is 0.200. The van der Waals surface area contributed by atoms with Crippen LogP contribution in [0.25, 0.3) is 0 Å². The molecule has 0 aliphatic carbocycles. The van der Waals surface area contributed by atoms with E-state index in [0.717, 1.165) is 19.6 Å². The van der Waals surface area contributed by atoms with Crippen LogP contribution in [-0.2, 0) is 0 Å². The number of hydrogen-bond donors (Lipinski definition) is 2. The Morgan fingerprint density at radius 2 is 2.07 bits per heavy atom. The van der Waals surface area contributed by atoms with Crippen LogP contribution in [0.5, 0.6) is 0 Å². The second-order valence-electron chi connectivity index (χ2n) is 4.18. The smallest absolute Gasteiger partial charge is 0.0250 e. The number of rotatable bonds is 3. The Kier molecular flexibility index (Phi) is 3.98. The molecule has 0 aromatic rings. The normalized spacial score (nSPS) is 30.1. The first-order chi connectivity index (χ1) is 6.95. The maximum absolute atomic E-state index is 3.48. The molecule has 0 saturated carbocycles. The molecular weight excluding hydrogens is 174 g/mol. The van der Waals surface area contributed by atoms with Gasteiger partial charge in [0.1, 0.15) is 0 Å². The highest BCUT2D eigenvalue weighted by Crippen LogP contribution is 2.05. The lowest BCUT2D eigenvalue weighted by Gasteiger charge is -2.25. The summed E-state index contributed by atoms with van der Waals surface area (Å²) in [6.45, 7) is 7.01. The van der Waals surface area contributed by atoms with Crippen LogP contribution < -0.4 is 10.6 Å². The van der Waals surface area contributed by atoms with Gasteiger partial charge in [-0.15, -0.1) is 0 Å². The molecule has 2 rings (SSSR count). The van der Waals surface area contributed by atoms with Crippen molar-refractivity contribution in [2.24, 2.45) is 0 Å². The van der Waals surface area contributed by atoms with Crippen LogP contribution in [0, 0.1) is 0 Å². The zero-order chi connectivity index (χ0) is 9.64. The van der Waals surface area contributed by atoms with Crippen LogP contribution in [0.1, 0.15) is 12.8 Å². The monoisotopic (exact) mass is 195 g/mol. The molecule has 2 heterocycles. The Hall–Kier alpha value is -0.380. The third-order valence-corrected chi connectivity index (χ3v) is 3.04. The van der Waals surface area contributed by atoms with Gasteiger partial charge in [0.15, 0.2) is 0 Å². The summed E-state index contributed by atoms with van der Waals surface area (Å²) in [4.78, 5) is 2.50. The topological polar surface area (TPSA) is 27.3 Å². The molecule has 0 spiro atoms. The van der Waals surface area contributed by atoms with Crippen LogP contribution in [-0.4, -0.2) is 50.2 Å². The lowest BCUT2D eigenvalue weighted by molar-refractivity contribution is 0.264. The molecule has 2 aliphatic rings. The van der Waals surface area contributed by atoms with E-state index in [4.69, 9.17) is 0 Å². The van der Waals surface area contributed by atoms with Crippen LogP contribution >= 0.6 is 0 Å². The predicted molar refractivity (Wildman–Crippen MR) is 59.5 cm³/mol. The quantitative estimate of drug-likeness (QED) is 0.630. The largest absolute Gasteiger partial charge is 0.314 e. The molecule has 2 saturated heterocycles. The van der Waals surface area contributed by atoms with E-state index < -0.39 is 0 Å². The second-order valence-corrected chi connectivity index (χ2v) is 4.18. The van der Waals surface area contributed by atoms with Crippen molar-refractivity contribution in [1.29, 1.82) is 0 Å². The third-order valence-electron chi connectivity index (χ3n) is 3.04. The zero-order valence-corrected chi connectivity index (χ0v) is 8.84. The van der Waals surface area contributed by atoms with E-state index in [1.165, 1.54) is 32.5 Å². The Balaban J connectivity index is 1.64. The highest BCUT2D eigenvalue weighted by Gasteiger charge is 2.10. The first-order valence-electron chi connectivity index (χ1n) is 5.78. The Bertz CT molecular complexity index is 179. The van der Waals surface area contributed by atoms with Crippen molar-refractivity contribution in [1.82, 2.24) is 15.5 Å². The highest BCUT2D eigenvalue weighted by atomic mass is 15.2. The Morgan fingerprint density at radius 3 is 2.79 bits per heavy atom. The third kappa shape index (κ3) is 3.08. The summed E-state index contributed by atoms with van der Waals surface area (Å²) in [5.74, 6) is 0. The molecular formula is C11H21N3. The van der Waals surface area contributed by atoms with Gasteiger partial charge < -0.3 is 10.6 Å². The van der Waals surface area contributed by atoms with Crippen LogP contribution in [0.3, 0.4) is 0 Å². The summed E-state index contributed by atoms with van der Waals surface area (Å²) < 4.78 is 0. The fourth-order valence-electron chi connectivity index (χ4n) is 2.14. The van der Waals surface area contributed by atoms with Crippen molar-refractivity contribution in [3.05, 3.63) is 12.2 Å². The van der Waals surface area contributed by atoms with Crippen molar-refractivity contribution in [2.45, 2.75) is 18.9 Å². The fraction of sp³-hybridized carbons (Fsp3) is 0.818. The van der Waals surface area contributed by atoms with Gasteiger partial charge in [-0.2, -0.15) is 0 Å². The van der Waals surface area contributed by atoms with E-state index in [9.17, 15) is 0 Å². The van der Waals surface area contributed by atoms with Gasteiger partial charge >= 0.3 is 0 Å². The molecule has 0 aromatic heterocycles. The number of nitrogens with one attached hydrogen (secondary N) is 2. The van der Waals surface area contributed by atoms with Gasteiger partial charge in [-0.3, -0.25) is 4.90 Å². The van der Waals surface area contributed by atoms with E-state index >= 15 is 0 Å². The van der Waals surface area contributed by atoms with E-state index in [1.807, 2.05) is 0 Å². The average Bonchev–Trinajstić information content (AvgIpc) is 2.72. The summed E-state index contributed by atoms with van der Waals surface area (Å²) in [5, 5.41) is 6.84. The van der Waals surface area contributed by atoms with E-state index in [2.05, 4.69) is 27.7 Å². The molecule has 2 aliphatic heterocycles. The molecule has 14 heavy (non-hydrogen) atoms. The van der Waals surface area contributed by atoms with Gasteiger partial charge in [-0.25, -0.2) is 0 Å². The summed E-state index contributed by atoms with van der Waals surface area (Å²) in [6.07, 6.45) is 7.32. The lowest BCUT2D eigenvalue weighted by atomic mass is 10.2. The van der Waals surface area contributed by atoms with Gasteiger partial charge in [-0.1, -0.05) is 12.2 Å². The SMILES string of the molecule is C(=C/C1CCCN1)/CN1CCNCC1. The first kappa shape index (κ1) is 10.1. The van der Waals surface area contributed by atoms with Crippen molar-refractivity contribution in [2.75, 3.05) is 39.3 Å².